The Morgan fingerprint density at radius 3 is 1.88 bits per heavy atom. The molecular weight excluding hydrogens is 208 g/mol. The van der Waals surface area contributed by atoms with Gasteiger partial charge in [-0.2, -0.15) is 0 Å². The molecule has 0 radical (unpaired) electrons. The van der Waals surface area contributed by atoms with Gasteiger partial charge in [-0.05, 0) is 19.8 Å². The fourth-order valence-electron chi connectivity index (χ4n) is 2.37. The van der Waals surface area contributed by atoms with Crippen LogP contribution in [0.5, 0.6) is 0 Å². The van der Waals surface area contributed by atoms with E-state index >= 15 is 0 Å². The molecule has 0 N–H and O–H groups in total. The van der Waals surface area contributed by atoms with Gasteiger partial charge in [0.2, 0.25) is 0 Å². The monoisotopic (exact) mass is 238 g/mol. The number of hydrogen-bond donors (Lipinski definition) is 0. The molecule has 0 saturated heterocycles. The molecular formula is C15H30N2. The first kappa shape index (κ1) is 14.4. The Labute approximate surface area is 108 Å². The average Bonchev–Trinajstić information content (AvgIpc) is 2.68. The lowest BCUT2D eigenvalue weighted by atomic mass is 10.1. The van der Waals surface area contributed by atoms with Crippen molar-refractivity contribution in [2.75, 3.05) is 13.1 Å². The summed E-state index contributed by atoms with van der Waals surface area (Å²) in [5.74, 6) is 0. The average molecular weight is 238 g/mol. The van der Waals surface area contributed by atoms with Gasteiger partial charge in [0.05, 0.1) is 6.17 Å². The second kappa shape index (κ2) is 8.43. The van der Waals surface area contributed by atoms with Crippen molar-refractivity contribution in [2.24, 2.45) is 0 Å². The maximum absolute atomic E-state index is 2.49. The fourth-order valence-corrected chi connectivity index (χ4v) is 2.37. The Kier molecular flexibility index (Phi) is 7.14. The molecule has 0 aromatic heterocycles. The van der Waals surface area contributed by atoms with Gasteiger partial charge in [0.1, 0.15) is 0 Å². The lowest BCUT2D eigenvalue weighted by molar-refractivity contribution is 0.166. The van der Waals surface area contributed by atoms with E-state index in [9.17, 15) is 0 Å². The molecule has 0 saturated carbocycles. The molecule has 0 fully saturated rings. The molecule has 1 atom stereocenters. The van der Waals surface area contributed by atoms with E-state index in [1.165, 1.54) is 58.0 Å². The van der Waals surface area contributed by atoms with Crippen LogP contribution < -0.4 is 0 Å². The van der Waals surface area contributed by atoms with E-state index in [-0.39, 0.29) is 0 Å². The number of hydrogen-bond acceptors (Lipinski definition) is 2. The molecule has 17 heavy (non-hydrogen) atoms. The maximum atomic E-state index is 2.49. The van der Waals surface area contributed by atoms with Crippen molar-refractivity contribution < 1.29 is 0 Å². The third-order valence-electron chi connectivity index (χ3n) is 3.70. The number of nitrogens with zero attached hydrogens (tertiary/aromatic N) is 2. The highest BCUT2D eigenvalue weighted by Crippen LogP contribution is 2.17. The van der Waals surface area contributed by atoms with Crippen molar-refractivity contribution in [3.05, 3.63) is 12.4 Å². The number of unbranched alkanes of at least 4 members (excludes halogenated alkanes) is 5. The van der Waals surface area contributed by atoms with Crippen LogP contribution in [0.4, 0.5) is 0 Å². The fraction of sp³-hybridized carbons (Fsp3) is 0.867. The maximum Gasteiger partial charge on any atom is 0.0977 e. The highest BCUT2D eigenvalue weighted by Gasteiger charge is 2.20. The predicted octanol–water partition coefficient (Wildman–Crippen LogP) is 4.19. The normalized spacial score (nSPS) is 19.4. The van der Waals surface area contributed by atoms with Crippen LogP contribution in [0.3, 0.4) is 0 Å². The molecule has 0 aromatic carbocycles. The standard InChI is InChI=1S/C15H30N2/c1-4-6-8-9-10-12-17-14-13-16(15(17)3)11-7-5-2/h13-15H,4-12H2,1-3H3. The van der Waals surface area contributed by atoms with Gasteiger partial charge in [0.25, 0.3) is 0 Å². The van der Waals surface area contributed by atoms with Gasteiger partial charge < -0.3 is 9.80 Å². The minimum Gasteiger partial charge on any atom is -0.356 e. The SMILES string of the molecule is CCCCCCCN1C=CN(CCCC)C1C. The van der Waals surface area contributed by atoms with E-state index in [0.29, 0.717) is 6.17 Å². The van der Waals surface area contributed by atoms with Gasteiger partial charge in [-0.1, -0.05) is 46.0 Å². The molecule has 0 spiro atoms. The van der Waals surface area contributed by atoms with Crippen molar-refractivity contribution in [1.82, 2.24) is 9.80 Å². The van der Waals surface area contributed by atoms with Crippen molar-refractivity contribution in [3.63, 3.8) is 0 Å². The molecule has 0 bridgehead atoms. The summed E-state index contributed by atoms with van der Waals surface area (Å²) < 4.78 is 0. The van der Waals surface area contributed by atoms with Crippen LogP contribution in [0.1, 0.15) is 65.7 Å². The second-order valence-electron chi connectivity index (χ2n) is 5.17. The first-order valence-corrected chi connectivity index (χ1v) is 7.49. The van der Waals surface area contributed by atoms with E-state index in [1.54, 1.807) is 0 Å². The van der Waals surface area contributed by atoms with Crippen molar-refractivity contribution in [2.45, 2.75) is 71.9 Å². The van der Waals surface area contributed by atoms with Crippen LogP contribution in [0.2, 0.25) is 0 Å². The van der Waals surface area contributed by atoms with E-state index in [1.807, 2.05) is 0 Å². The molecule has 100 valence electrons. The minimum absolute atomic E-state index is 0.577. The summed E-state index contributed by atoms with van der Waals surface area (Å²) in [4.78, 5) is 4.96. The smallest absolute Gasteiger partial charge is 0.0977 e. The summed E-state index contributed by atoms with van der Waals surface area (Å²) in [5.41, 5.74) is 0. The Bertz CT molecular complexity index is 213. The van der Waals surface area contributed by atoms with E-state index in [2.05, 4.69) is 43.0 Å². The van der Waals surface area contributed by atoms with Crippen molar-refractivity contribution >= 4 is 0 Å². The quantitative estimate of drug-likeness (QED) is 0.556. The zero-order valence-corrected chi connectivity index (χ0v) is 12.0. The van der Waals surface area contributed by atoms with Crippen LogP contribution in [-0.2, 0) is 0 Å². The highest BCUT2D eigenvalue weighted by molar-refractivity contribution is 4.95. The molecule has 2 nitrogen and oxygen atoms in total. The summed E-state index contributed by atoms with van der Waals surface area (Å²) in [7, 11) is 0. The summed E-state index contributed by atoms with van der Waals surface area (Å²) in [6.07, 6.45) is 14.6. The zero-order valence-electron chi connectivity index (χ0n) is 12.0. The Hall–Kier alpha value is -0.660. The van der Waals surface area contributed by atoms with Crippen molar-refractivity contribution in [3.8, 4) is 0 Å². The Morgan fingerprint density at radius 1 is 0.765 bits per heavy atom. The highest BCUT2D eigenvalue weighted by atomic mass is 15.4. The molecule has 1 aliphatic heterocycles. The van der Waals surface area contributed by atoms with Gasteiger partial charge in [-0.15, -0.1) is 0 Å². The predicted molar refractivity (Wildman–Crippen MR) is 75.7 cm³/mol. The minimum atomic E-state index is 0.577. The molecule has 1 heterocycles. The van der Waals surface area contributed by atoms with E-state index in [0.717, 1.165) is 0 Å². The van der Waals surface area contributed by atoms with Crippen LogP contribution >= 0.6 is 0 Å². The largest absolute Gasteiger partial charge is 0.356 e. The Morgan fingerprint density at radius 2 is 1.29 bits per heavy atom. The van der Waals surface area contributed by atoms with Crippen LogP contribution in [-0.4, -0.2) is 29.1 Å². The molecule has 1 rings (SSSR count). The first-order valence-electron chi connectivity index (χ1n) is 7.49. The van der Waals surface area contributed by atoms with Gasteiger partial charge in [-0.25, -0.2) is 0 Å². The first-order chi connectivity index (χ1) is 8.29. The van der Waals surface area contributed by atoms with Gasteiger partial charge in [-0.3, -0.25) is 0 Å². The van der Waals surface area contributed by atoms with Gasteiger partial charge >= 0.3 is 0 Å². The van der Waals surface area contributed by atoms with Gasteiger partial charge in [0.15, 0.2) is 0 Å². The lowest BCUT2D eigenvalue weighted by Crippen LogP contribution is -2.36. The molecule has 1 unspecified atom stereocenters. The summed E-state index contributed by atoms with van der Waals surface area (Å²) in [6.45, 7) is 9.29. The third kappa shape index (κ3) is 5.01. The number of rotatable bonds is 9. The lowest BCUT2D eigenvalue weighted by Gasteiger charge is -2.29. The van der Waals surface area contributed by atoms with Gasteiger partial charge in [0, 0.05) is 25.5 Å². The summed E-state index contributed by atoms with van der Waals surface area (Å²) in [5, 5.41) is 0. The molecule has 2 heteroatoms. The molecule has 0 aromatic rings. The van der Waals surface area contributed by atoms with Crippen molar-refractivity contribution in [1.29, 1.82) is 0 Å². The second-order valence-corrected chi connectivity index (χ2v) is 5.17. The summed E-state index contributed by atoms with van der Waals surface area (Å²) >= 11 is 0. The van der Waals surface area contributed by atoms with Crippen LogP contribution in [0, 0.1) is 0 Å². The molecule has 0 aliphatic carbocycles. The Balaban J connectivity index is 2.12. The third-order valence-corrected chi connectivity index (χ3v) is 3.70. The van der Waals surface area contributed by atoms with Crippen LogP contribution in [0.15, 0.2) is 12.4 Å². The summed E-state index contributed by atoms with van der Waals surface area (Å²) in [6, 6.07) is 0. The van der Waals surface area contributed by atoms with Crippen LogP contribution in [0.25, 0.3) is 0 Å². The zero-order chi connectivity index (χ0) is 12.5. The molecule has 0 amide bonds. The van der Waals surface area contributed by atoms with E-state index in [4.69, 9.17) is 0 Å². The molecule has 1 aliphatic rings. The topological polar surface area (TPSA) is 6.48 Å². The van der Waals surface area contributed by atoms with E-state index < -0.39 is 0 Å².